The zero-order valence-electron chi connectivity index (χ0n) is 12.5. The molecule has 1 unspecified atom stereocenters. The van der Waals surface area contributed by atoms with Gasteiger partial charge >= 0.3 is 0 Å². The Balaban J connectivity index is 2.27. The van der Waals surface area contributed by atoms with Crippen molar-refractivity contribution < 1.29 is 14.8 Å². The SMILES string of the molecule is COCC1CCCN(c2ccc([C@@H](C)O)cc2[N+](=O)[O-])C1. The number of nitro groups is 1. The number of nitro benzene ring substituents is 1. The van der Waals surface area contributed by atoms with Crippen molar-refractivity contribution in [1.29, 1.82) is 0 Å². The van der Waals surface area contributed by atoms with Crippen molar-refractivity contribution in [3.8, 4) is 0 Å². The Hall–Kier alpha value is -1.66. The van der Waals surface area contributed by atoms with Crippen LogP contribution in [0, 0.1) is 16.0 Å². The first kappa shape index (κ1) is 15.7. The first-order chi connectivity index (χ1) is 10.0. The van der Waals surface area contributed by atoms with E-state index in [0.717, 1.165) is 25.9 Å². The molecule has 0 spiro atoms. The van der Waals surface area contributed by atoms with Crippen LogP contribution in [0.3, 0.4) is 0 Å². The van der Waals surface area contributed by atoms with Crippen LogP contribution in [-0.2, 0) is 4.74 Å². The molecular formula is C15H22N2O4. The van der Waals surface area contributed by atoms with Crippen LogP contribution < -0.4 is 4.90 Å². The minimum Gasteiger partial charge on any atom is -0.389 e. The number of piperidine rings is 1. The van der Waals surface area contributed by atoms with Crippen LogP contribution in [0.15, 0.2) is 18.2 Å². The summed E-state index contributed by atoms with van der Waals surface area (Å²) in [7, 11) is 1.68. The van der Waals surface area contributed by atoms with Gasteiger partial charge in [0, 0.05) is 26.3 Å². The standard InChI is InChI=1S/C15H22N2O4/c1-11(18)13-5-6-14(15(8-13)17(19)20)16-7-3-4-12(9-16)10-21-2/h5-6,8,11-12,18H,3-4,7,9-10H2,1-2H3/t11-,12?/m1/s1. The Kier molecular flexibility index (Phi) is 5.14. The number of ether oxygens (including phenoxy) is 1. The van der Waals surface area contributed by atoms with Gasteiger partial charge in [-0.1, -0.05) is 6.07 Å². The first-order valence-corrected chi connectivity index (χ1v) is 7.23. The van der Waals surface area contributed by atoms with Crippen LogP contribution in [0.2, 0.25) is 0 Å². The minimum atomic E-state index is -0.708. The Morgan fingerprint density at radius 2 is 2.33 bits per heavy atom. The summed E-state index contributed by atoms with van der Waals surface area (Å²) in [6.07, 6.45) is 1.38. The molecule has 1 fully saturated rings. The molecule has 1 aliphatic rings. The average molecular weight is 294 g/mol. The second kappa shape index (κ2) is 6.87. The lowest BCUT2D eigenvalue weighted by Crippen LogP contribution is -2.37. The zero-order valence-corrected chi connectivity index (χ0v) is 12.5. The highest BCUT2D eigenvalue weighted by Gasteiger charge is 2.26. The second-order valence-electron chi connectivity index (χ2n) is 5.59. The van der Waals surface area contributed by atoms with Crippen molar-refractivity contribution in [3.63, 3.8) is 0 Å². The van der Waals surface area contributed by atoms with E-state index in [1.807, 2.05) is 0 Å². The second-order valence-corrected chi connectivity index (χ2v) is 5.59. The number of aliphatic hydroxyl groups excluding tert-OH is 1. The van der Waals surface area contributed by atoms with Gasteiger partial charge in [-0.3, -0.25) is 10.1 Å². The molecule has 1 aromatic carbocycles. The van der Waals surface area contributed by atoms with Crippen molar-refractivity contribution >= 4 is 11.4 Å². The van der Waals surface area contributed by atoms with Gasteiger partial charge in [-0.25, -0.2) is 0 Å². The van der Waals surface area contributed by atoms with Gasteiger partial charge in [0.1, 0.15) is 5.69 Å². The van der Waals surface area contributed by atoms with Crippen LogP contribution in [0.25, 0.3) is 0 Å². The van der Waals surface area contributed by atoms with Crippen molar-refractivity contribution in [3.05, 3.63) is 33.9 Å². The highest BCUT2D eigenvalue weighted by molar-refractivity contribution is 5.64. The van der Waals surface area contributed by atoms with Gasteiger partial charge in [-0.15, -0.1) is 0 Å². The number of nitrogens with zero attached hydrogens (tertiary/aromatic N) is 2. The molecule has 0 radical (unpaired) electrons. The average Bonchev–Trinajstić information content (AvgIpc) is 2.47. The number of aliphatic hydroxyl groups is 1. The third-order valence-corrected chi connectivity index (χ3v) is 3.94. The Bertz CT molecular complexity index is 502. The van der Waals surface area contributed by atoms with E-state index in [2.05, 4.69) is 4.90 Å². The molecule has 0 amide bonds. The van der Waals surface area contributed by atoms with Gasteiger partial charge in [0.15, 0.2) is 0 Å². The zero-order chi connectivity index (χ0) is 15.4. The minimum absolute atomic E-state index is 0.0615. The molecule has 21 heavy (non-hydrogen) atoms. The molecule has 1 saturated heterocycles. The Labute approximate surface area is 124 Å². The normalized spacial score (nSPS) is 20.3. The molecule has 0 aliphatic carbocycles. The summed E-state index contributed by atoms with van der Waals surface area (Å²) >= 11 is 0. The van der Waals surface area contributed by atoms with Crippen LogP contribution >= 0.6 is 0 Å². The van der Waals surface area contributed by atoms with Crippen molar-refractivity contribution in [2.24, 2.45) is 5.92 Å². The van der Waals surface area contributed by atoms with Crippen LogP contribution in [0.4, 0.5) is 11.4 Å². The first-order valence-electron chi connectivity index (χ1n) is 7.23. The molecule has 1 aromatic rings. The fraction of sp³-hybridized carbons (Fsp3) is 0.600. The summed E-state index contributed by atoms with van der Waals surface area (Å²) in [6.45, 7) is 3.86. The smallest absolute Gasteiger partial charge is 0.292 e. The molecule has 1 N–H and O–H groups in total. The third-order valence-electron chi connectivity index (χ3n) is 3.94. The lowest BCUT2D eigenvalue weighted by Gasteiger charge is -2.33. The largest absolute Gasteiger partial charge is 0.389 e. The van der Waals surface area contributed by atoms with E-state index < -0.39 is 6.10 Å². The van der Waals surface area contributed by atoms with Gasteiger partial charge in [-0.05, 0) is 37.3 Å². The van der Waals surface area contributed by atoms with E-state index in [4.69, 9.17) is 4.74 Å². The van der Waals surface area contributed by atoms with E-state index in [0.29, 0.717) is 23.8 Å². The van der Waals surface area contributed by atoms with Crippen molar-refractivity contribution in [2.45, 2.75) is 25.9 Å². The van der Waals surface area contributed by atoms with Crippen LogP contribution in [0.5, 0.6) is 0 Å². The number of rotatable bonds is 5. The number of anilines is 1. The van der Waals surface area contributed by atoms with E-state index in [9.17, 15) is 15.2 Å². The van der Waals surface area contributed by atoms with Crippen molar-refractivity contribution in [2.75, 3.05) is 31.7 Å². The summed E-state index contributed by atoms with van der Waals surface area (Å²) in [4.78, 5) is 13.0. The molecule has 0 saturated carbocycles. The van der Waals surface area contributed by atoms with E-state index in [1.165, 1.54) is 6.07 Å². The maximum absolute atomic E-state index is 11.3. The maximum atomic E-state index is 11.3. The highest BCUT2D eigenvalue weighted by atomic mass is 16.6. The van der Waals surface area contributed by atoms with Gasteiger partial charge in [-0.2, -0.15) is 0 Å². The number of hydrogen-bond donors (Lipinski definition) is 1. The van der Waals surface area contributed by atoms with Gasteiger partial charge in [0.05, 0.1) is 17.6 Å². The van der Waals surface area contributed by atoms with Crippen LogP contribution in [-0.4, -0.2) is 36.8 Å². The Morgan fingerprint density at radius 3 is 2.95 bits per heavy atom. The summed E-state index contributed by atoms with van der Waals surface area (Å²) < 4.78 is 5.20. The fourth-order valence-corrected chi connectivity index (χ4v) is 2.87. The molecule has 2 rings (SSSR count). The van der Waals surface area contributed by atoms with E-state index in [-0.39, 0.29) is 10.6 Å². The molecule has 6 heteroatoms. The monoisotopic (exact) mass is 294 g/mol. The summed E-state index contributed by atoms with van der Waals surface area (Å²) in [5.74, 6) is 0.403. The number of benzene rings is 1. The molecule has 0 bridgehead atoms. The topological polar surface area (TPSA) is 75.8 Å². The number of methoxy groups -OCH3 is 1. The Morgan fingerprint density at radius 1 is 1.57 bits per heavy atom. The summed E-state index contributed by atoms with van der Waals surface area (Å²) in [5.41, 5.74) is 1.26. The van der Waals surface area contributed by atoms with Gasteiger partial charge in [0.25, 0.3) is 5.69 Å². The molecule has 2 atom stereocenters. The number of hydrogen-bond acceptors (Lipinski definition) is 5. The maximum Gasteiger partial charge on any atom is 0.292 e. The predicted molar refractivity (Wildman–Crippen MR) is 80.5 cm³/mol. The quantitative estimate of drug-likeness (QED) is 0.667. The third kappa shape index (κ3) is 3.71. The van der Waals surface area contributed by atoms with E-state index >= 15 is 0 Å². The predicted octanol–water partition coefficient (Wildman–Crippen LogP) is 2.51. The molecular weight excluding hydrogens is 272 g/mol. The molecule has 0 aromatic heterocycles. The summed E-state index contributed by atoms with van der Waals surface area (Å²) in [5, 5.41) is 20.9. The molecule has 116 valence electrons. The van der Waals surface area contributed by atoms with E-state index in [1.54, 1.807) is 26.2 Å². The van der Waals surface area contributed by atoms with Crippen molar-refractivity contribution in [1.82, 2.24) is 0 Å². The summed E-state index contributed by atoms with van der Waals surface area (Å²) in [6, 6.07) is 4.97. The van der Waals surface area contributed by atoms with Crippen LogP contribution in [0.1, 0.15) is 31.4 Å². The van der Waals surface area contributed by atoms with Gasteiger partial charge < -0.3 is 14.7 Å². The fourth-order valence-electron chi connectivity index (χ4n) is 2.87. The molecule has 6 nitrogen and oxygen atoms in total. The highest BCUT2D eigenvalue weighted by Crippen LogP contribution is 2.33. The lowest BCUT2D eigenvalue weighted by molar-refractivity contribution is -0.384. The molecule has 1 heterocycles. The van der Waals surface area contributed by atoms with Gasteiger partial charge in [0.2, 0.25) is 0 Å². The lowest BCUT2D eigenvalue weighted by atomic mass is 9.97. The molecule has 1 aliphatic heterocycles.